The average Bonchev–Trinajstić information content (AvgIpc) is 2.10. The molecule has 0 aromatic heterocycles. The number of hydrogen-bond donors (Lipinski definition) is 1. The van der Waals surface area contributed by atoms with Crippen LogP contribution in [0.25, 0.3) is 0 Å². The van der Waals surface area contributed by atoms with Crippen molar-refractivity contribution in [1.82, 2.24) is 5.32 Å². The van der Waals surface area contributed by atoms with E-state index in [0.717, 1.165) is 12.5 Å². The van der Waals surface area contributed by atoms with Gasteiger partial charge in [0.1, 0.15) is 6.23 Å². The van der Waals surface area contributed by atoms with E-state index in [-0.39, 0.29) is 11.8 Å². The van der Waals surface area contributed by atoms with Gasteiger partial charge in [-0.15, -0.1) is 0 Å². The molecule has 1 N–H and O–H groups in total. The van der Waals surface area contributed by atoms with Crippen LogP contribution in [0.1, 0.15) is 26.7 Å². The van der Waals surface area contributed by atoms with Crippen molar-refractivity contribution in [3.63, 3.8) is 0 Å². The highest BCUT2D eigenvalue weighted by Crippen LogP contribution is 2.42. The Morgan fingerprint density at radius 1 is 1.40 bits per heavy atom. The van der Waals surface area contributed by atoms with Crippen LogP contribution < -0.4 is 5.32 Å². The molecule has 2 fully saturated rings. The molecule has 1 saturated heterocycles. The Morgan fingerprint density at radius 2 is 2.10 bits per heavy atom. The minimum Gasteiger partial charge on any atom is -0.356 e. The molecule has 1 saturated carbocycles. The molecule has 10 heavy (non-hydrogen) atoms. The second kappa shape index (κ2) is 1.95. The largest absolute Gasteiger partial charge is 0.356 e. The molecular weight excluding hydrogens is 126 g/mol. The predicted octanol–water partition coefficient (Wildman–Crippen LogP) is 1.12. The fourth-order valence-corrected chi connectivity index (χ4v) is 2.24. The summed E-state index contributed by atoms with van der Waals surface area (Å²) in [5.41, 5.74) is 0.249. The SMILES string of the molecule is CC1CC2(CNC(C)O2)C1. The Kier molecular flexibility index (Phi) is 1.29. The summed E-state index contributed by atoms with van der Waals surface area (Å²) in [6.45, 7) is 5.44. The maximum absolute atomic E-state index is 5.74. The quantitative estimate of drug-likeness (QED) is 0.546. The molecule has 1 aliphatic carbocycles. The van der Waals surface area contributed by atoms with Crippen LogP contribution in [0, 0.1) is 5.92 Å². The lowest BCUT2D eigenvalue weighted by Gasteiger charge is -2.42. The summed E-state index contributed by atoms with van der Waals surface area (Å²) in [7, 11) is 0. The first-order chi connectivity index (χ1) is 4.70. The van der Waals surface area contributed by atoms with Gasteiger partial charge >= 0.3 is 0 Å². The molecular formula is C8H15NO. The molecule has 2 heteroatoms. The van der Waals surface area contributed by atoms with Gasteiger partial charge in [0, 0.05) is 6.54 Å². The number of ether oxygens (including phenoxy) is 1. The Labute approximate surface area is 61.9 Å². The zero-order valence-corrected chi connectivity index (χ0v) is 6.68. The van der Waals surface area contributed by atoms with E-state index in [1.54, 1.807) is 0 Å². The van der Waals surface area contributed by atoms with Crippen LogP contribution in [0.3, 0.4) is 0 Å². The highest BCUT2D eigenvalue weighted by Gasteiger charge is 2.47. The lowest BCUT2D eigenvalue weighted by molar-refractivity contribution is -0.105. The van der Waals surface area contributed by atoms with Gasteiger partial charge in [-0.1, -0.05) is 6.92 Å². The van der Waals surface area contributed by atoms with Gasteiger partial charge in [0.05, 0.1) is 5.60 Å². The summed E-state index contributed by atoms with van der Waals surface area (Å²) >= 11 is 0. The van der Waals surface area contributed by atoms with E-state index in [0.29, 0.717) is 0 Å². The second-order valence-corrected chi connectivity index (χ2v) is 3.84. The monoisotopic (exact) mass is 141 g/mol. The van der Waals surface area contributed by atoms with E-state index in [4.69, 9.17) is 4.74 Å². The molecule has 58 valence electrons. The van der Waals surface area contributed by atoms with Crippen molar-refractivity contribution in [3.05, 3.63) is 0 Å². The third-order valence-electron chi connectivity index (χ3n) is 2.58. The van der Waals surface area contributed by atoms with E-state index in [1.807, 2.05) is 0 Å². The lowest BCUT2D eigenvalue weighted by atomic mass is 9.72. The molecule has 1 aliphatic heterocycles. The second-order valence-electron chi connectivity index (χ2n) is 3.84. The number of hydrogen-bond acceptors (Lipinski definition) is 2. The first-order valence-corrected chi connectivity index (χ1v) is 4.11. The van der Waals surface area contributed by atoms with Crippen molar-refractivity contribution >= 4 is 0 Å². The van der Waals surface area contributed by atoms with Crippen molar-refractivity contribution in [2.75, 3.05) is 6.54 Å². The van der Waals surface area contributed by atoms with Gasteiger partial charge in [-0.3, -0.25) is 5.32 Å². The minimum absolute atomic E-state index is 0.249. The summed E-state index contributed by atoms with van der Waals surface area (Å²) in [6.07, 6.45) is 2.79. The minimum atomic E-state index is 0.249. The van der Waals surface area contributed by atoms with Gasteiger partial charge in [0.2, 0.25) is 0 Å². The van der Waals surface area contributed by atoms with E-state index in [1.165, 1.54) is 12.8 Å². The van der Waals surface area contributed by atoms with Gasteiger partial charge in [0.15, 0.2) is 0 Å². The van der Waals surface area contributed by atoms with Crippen molar-refractivity contribution in [1.29, 1.82) is 0 Å². The molecule has 1 atom stereocenters. The normalized spacial score (nSPS) is 53.4. The smallest absolute Gasteiger partial charge is 0.106 e. The van der Waals surface area contributed by atoms with Crippen molar-refractivity contribution in [3.8, 4) is 0 Å². The van der Waals surface area contributed by atoms with Gasteiger partial charge in [-0.05, 0) is 25.7 Å². The molecule has 1 spiro atoms. The zero-order chi connectivity index (χ0) is 7.19. The van der Waals surface area contributed by atoms with Crippen LogP contribution in [-0.4, -0.2) is 18.4 Å². The van der Waals surface area contributed by atoms with Crippen molar-refractivity contribution in [2.24, 2.45) is 5.92 Å². The Bertz CT molecular complexity index is 135. The molecule has 2 aliphatic rings. The van der Waals surface area contributed by atoms with Crippen LogP contribution >= 0.6 is 0 Å². The van der Waals surface area contributed by atoms with Crippen molar-refractivity contribution < 1.29 is 4.74 Å². The summed E-state index contributed by atoms with van der Waals surface area (Å²) in [5, 5.41) is 3.31. The molecule has 1 heterocycles. The van der Waals surface area contributed by atoms with Crippen LogP contribution in [0.15, 0.2) is 0 Å². The third kappa shape index (κ3) is 0.867. The van der Waals surface area contributed by atoms with Crippen LogP contribution in [0.5, 0.6) is 0 Å². The summed E-state index contributed by atoms with van der Waals surface area (Å²) in [4.78, 5) is 0. The molecule has 0 bridgehead atoms. The molecule has 0 aromatic carbocycles. The zero-order valence-electron chi connectivity index (χ0n) is 6.68. The average molecular weight is 141 g/mol. The fraction of sp³-hybridized carbons (Fsp3) is 1.00. The van der Waals surface area contributed by atoms with Gasteiger partial charge in [0.25, 0.3) is 0 Å². The van der Waals surface area contributed by atoms with Crippen LogP contribution in [-0.2, 0) is 4.74 Å². The molecule has 0 amide bonds. The highest BCUT2D eigenvalue weighted by atomic mass is 16.5. The lowest BCUT2D eigenvalue weighted by Crippen LogP contribution is -2.45. The topological polar surface area (TPSA) is 21.3 Å². The number of rotatable bonds is 0. The summed E-state index contributed by atoms with van der Waals surface area (Å²) in [5.74, 6) is 0.882. The Hall–Kier alpha value is -0.0800. The maximum atomic E-state index is 5.74. The summed E-state index contributed by atoms with van der Waals surface area (Å²) in [6, 6.07) is 0. The van der Waals surface area contributed by atoms with E-state index >= 15 is 0 Å². The van der Waals surface area contributed by atoms with Gasteiger partial charge in [-0.2, -0.15) is 0 Å². The third-order valence-corrected chi connectivity index (χ3v) is 2.58. The summed E-state index contributed by atoms with van der Waals surface area (Å²) < 4.78 is 5.74. The van der Waals surface area contributed by atoms with Gasteiger partial charge < -0.3 is 4.74 Å². The Morgan fingerprint density at radius 3 is 2.50 bits per heavy atom. The number of nitrogens with one attached hydrogen (secondary N) is 1. The van der Waals surface area contributed by atoms with Crippen molar-refractivity contribution in [2.45, 2.75) is 38.5 Å². The molecule has 0 radical (unpaired) electrons. The first-order valence-electron chi connectivity index (χ1n) is 4.11. The van der Waals surface area contributed by atoms with Crippen LogP contribution in [0.2, 0.25) is 0 Å². The van der Waals surface area contributed by atoms with E-state index in [9.17, 15) is 0 Å². The van der Waals surface area contributed by atoms with E-state index in [2.05, 4.69) is 19.2 Å². The molecule has 2 rings (SSSR count). The predicted molar refractivity (Wildman–Crippen MR) is 39.7 cm³/mol. The molecule has 2 nitrogen and oxygen atoms in total. The maximum Gasteiger partial charge on any atom is 0.106 e. The van der Waals surface area contributed by atoms with Gasteiger partial charge in [-0.25, -0.2) is 0 Å². The molecule has 1 unspecified atom stereocenters. The first kappa shape index (κ1) is 6.62. The molecule has 0 aromatic rings. The van der Waals surface area contributed by atoms with E-state index < -0.39 is 0 Å². The van der Waals surface area contributed by atoms with Crippen LogP contribution in [0.4, 0.5) is 0 Å². The standard InChI is InChI=1S/C8H15NO/c1-6-3-8(4-6)5-9-7(2)10-8/h6-7,9H,3-5H2,1-2H3. The highest BCUT2D eigenvalue weighted by molar-refractivity contribution is 4.99. The Balaban J connectivity index is 1.95. The fourth-order valence-electron chi connectivity index (χ4n) is 2.24.